The fourth-order valence-electron chi connectivity index (χ4n) is 1.12. The Kier molecular flexibility index (Phi) is 4.84. The van der Waals surface area contributed by atoms with Crippen LogP contribution in [0.3, 0.4) is 0 Å². The third kappa shape index (κ3) is 4.61. The molecule has 0 saturated carbocycles. The summed E-state index contributed by atoms with van der Waals surface area (Å²) < 4.78 is 0. The highest BCUT2D eigenvalue weighted by atomic mass is 32.1. The van der Waals surface area contributed by atoms with Crippen LogP contribution in [0.15, 0.2) is 36.9 Å². The molecule has 1 aromatic rings. The summed E-state index contributed by atoms with van der Waals surface area (Å²) in [6, 6.07) is 8.38. The Morgan fingerprint density at radius 3 is 2.60 bits per heavy atom. The second kappa shape index (κ2) is 6.19. The first kappa shape index (κ1) is 11.7. The van der Waals surface area contributed by atoms with Crippen molar-refractivity contribution in [3.05, 3.63) is 48.0 Å². The Hall–Kier alpha value is -1.35. The number of hydrogen-bond donors (Lipinski definition) is 2. The average Bonchev–Trinajstić information content (AvgIpc) is 2.25. The van der Waals surface area contributed by atoms with E-state index >= 15 is 0 Å². The molecule has 0 bridgehead atoms. The first-order chi connectivity index (χ1) is 7.22. The topological polar surface area (TPSA) is 24.1 Å². The molecule has 1 rings (SSSR count). The highest BCUT2D eigenvalue weighted by molar-refractivity contribution is 7.80. The van der Waals surface area contributed by atoms with E-state index in [-0.39, 0.29) is 0 Å². The molecule has 0 radical (unpaired) electrons. The van der Waals surface area contributed by atoms with Crippen molar-refractivity contribution in [2.24, 2.45) is 0 Å². The van der Waals surface area contributed by atoms with Crippen molar-refractivity contribution in [3.8, 4) is 0 Å². The standard InChI is InChI=1S/C12H16N2S/c1-3-8-13-12(15)14-9-11-6-4-10(2)5-7-11/h3-7H,1,8-9H2,2H3,(H2,13,14,15). The molecule has 0 atom stereocenters. The minimum Gasteiger partial charge on any atom is -0.359 e. The molecule has 0 amide bonds. The summed E-state index contributed by atoms with van der Waals surface area (Å²) in [5, 5.41) is 6.80. The lowest BCUT2D eigenvalue weighted by atomic mass is 10.1. The number of benzene rings is 1. The molecule has 1 aromatic carbocycles. The minimum atomic E-state index is 0.662. The zero-order chi connectivity index (χ0) is 11.1. The van der Waals surface area contributed by atoms with E-state index in [1.54, 1.807) is 6.08 Å². The zero-order valence-electron chi connectivity index (χ0n) is 8.92. The molecule has 0 spiro atoms. The predicted octanol–water partition coefficient (Wildman–Crippen LogP) is 2.15. The van der Waals surface area contributed by atoms with Crippen LogP contribution in [0.4, 0.5) is 0 Å². The van der Waals surface area contributed by atoms with Crippen LogP contribution in [0.2, 0.25) is 0 Å². The Balaban J connectivity index is 2.33. The van der Waals surface area contributed by atoms with Crippen molar-refractivity contribution >= 4 is 17.3 Å². The Labute approximate surface area is 96.4 Å². The van der Waals surface area contributed by atoms with Gasteiger partial charge in [-0.3, -0.25) is 0 Å². The van der Waals surface area contributed by atoms with E-state index in [1.165, 1.54) is 11.1 Å². The van der Waals surface area contributed by atoms with E-state index in [9.17, 15) is 0 Å². The van der Waals surface area contributed by atoms with Crippen LogP contribution in [0.25, 0.3) is 0 Å². The van der Waals surface area contributed by atoms with E-state index in [0.29, 0.717) is 11.7 Å². The summed E-state index contributed by atoms with van der Waals surface area (Å²) in [7, 11) is 0. The highest BCUT2D eigenvalue weighted by Crippen LogP contribution is 2.02. The SMILES string of the molecule is C=CCNC(=S)NCc1ccc(C)cc1. The minimum absolute atomic E-state index is 0.662. The van der Waals surface area contributed by atoms with Gasteiger partial charge in [0.05, 0.1) is 0 Å². The molecule has 2 nitrogen and oxygen atoms in total. The van der Waals surface area contributed by atoms with Gasteiger partial charge in [-0.2, -0.15) is 0 Å². The van der Waals surface area contributed by atoms with Crippen LogP contribution in [0.5, 0.6) is 0 Å². The fourth-order valence-corrected chi connectivity index (χ4v) is 1.27. The van der Waals surface area contributed by atoms with Gasteiger partial charge in [-0.05, 0) is 24.7 Å². The predicted molar refractivity (Wildman–Crippen MR) is 68.8 cm³/mol. The number of thiocarbonyl (C=S) groups is 1. The maximum Gasteiger partial charge on any atom is 0.166 e. The molecule has 0 unspecified atom stereocenters. The second-order valence-electron chi connectivity index (χ2n) is 3.34. The first-order valence-corrected chi connectivity index (χ1v) is 5.31. The van der Waals surface area contributed by atoms with Gasteiger partial charge < -0.3 is 10.6 Å². The van der Waals surface area contributed by atoms with Gasteiger partial charge in [0.25, 0.3) is 0 Å². The van der Waals surface area contributed by atoms with E-state index in [1.807, 2.05) is 0 Å². The Bertz CT molecular complexity index is 330. The van der Waals surface area contributed by atoms with Crippen molar-refractivity contribution in [2.75, 3.05) is 6.54 Å². The number of nitrogens with one attached hydrogen (secondary N) is 2. The van der Waals surface area contributed by atoms with Crippen molar-refractivity contribution in [1.29, 1.82) is 0 Å². The zero-order valence-corrected chi connectivity index (χ0v) is 9.73. The molecule has 15 heavy (non-hydrogen) atoms. The van der Waals surface area contributed by atoms with E-state index in [2.05, 4.69) is 48.4 Å². The molecule has 0 aromatic heterocycles. The molecule has 2 N–H and O–H groups in total. The summed E-state index contributed by atoms with van der Waals surface area (Å²) in [6.07, 6.45) is 1.78. The number of hydrogen-bond acceptors (Lipinski definition) is 1. The molecule has 3 heteroatoms. The summed E-state index contributed by atoms with van der Waals surface area (Å²) in [4.78, 5) is 0. The monoisotopic (exact) mass is 220 g/mol. The molecule has 0 aliphatic carbocycles. The maximum absolute atomic E-state index is 5.07. The average molecular weight is 220 g/mol. The molecule has 0 saturated heterocycles. The van der Waals surface area contributed by atoms with E-state index in [0.717, 1.165) is 6.54 Å². The van der Waals surface area contributed by atoms with E-state index < -0.39 is 0 Å². The van der Waals surface area contributed by atoms with Crippen LogP contribution >= 0.6 is 12.2 Å². The highest BCUT2D eigenvalue weighted by Gasteiger charge is 1.94. The van der Waals surface area contributed by atoms with Crippen molar-refractivity contribution < 1.29 is 0 Å². The Morgan fingerprint density at radius 2 is 2.00 bits per heavy atom. The smallest absolute Gasteiger partial charge is 0.166 e. The Morgan fingerprint density at radius 1 is 1.33 bits per heavy atom. The molecular formula is C12H16N2S. The molecule has 80 valence electrons. The summed E-state index contributed by atoms with van der Waals surface area (Å²) >= 11 is 5.07. The van der Waals surface area contributed by atoms with Crippen LogP contribution in [0, 0.1) is 6.92 Å². The normalized spacial score (nSPS) is 9.40. The van der Waals surface area contributed by atoms with Gasteiger partial charge in [0.1, 0.15) is 0 Å². The van der Waals surface area contributed by atoms with Gasteiger partial charge in [0.15, 0.2) is 5.11 Å². The van der Waals surface area contributed by atoms with Crippen LogP contribution in [0.1, 0.15) is 11.1 Å². The van der Waals surface area contributed by atoms with Crippen molar-refractivity contribution in [3.63, 3.8) is 0 Å². The quantitative estimate of drug-likeness (QED) is 0.600. The number of aryl methyl sites for hydroxylation is 1. The fraction of sp³-hybridized carbons (Fsp3) is 0.250. The number of rotatable bonds is 4. The van der Waals surface area contributed by atoms with Crippen molar-refractivity contribution in [1.82, 2.24) is 10.6 Å². The lowest BCUT2D eigenvalue weighted by Gasteiger charge is -2.08. The van der Waals surface area contributed by atoms with Gasteiger partial charge in [0, 0.05) is 13.1 Å². The van der Waals surface area contributed by atoms with Gasteiger partial charge in [-0.25, -0.2) is 0 Å². The lowest BCUT2D eigenvalue weighted by Crippen LogP contribution is -2.34. The van der Waals surface area contributed by atoms with Crippen LogP contribution in [-0.2, 0) is 6.54 Å². The van der Waals surface area contributed by atoms with Crippen LogP contribution in [-0.4, -0.2) is 11.7 Å². The van der Waals surface area contributed by atoms with Gasteiger partial charge in [0.2, 0.25) is 0 Å². The van der Waals surface area contributed by atoms with Crippen LogP contribution < -0.4 is 10.6 Å². The molecule has 0 aliphatic rings. The lowest BCUT2D eigenvalue weighted by molar-refractivity contribution is 0.872. The third-order valence-corrected chi connectivity index (χ3v) is 2.27. The summed E-state index contributed by atoms with van der Waals surface area (Å²) in [5.41, 5.74) is 2.49. The largest absolute Gasteiger partial charge is 0.359 e. The first-order valence-electron chi connectivity index (χ1n) is 4.90. The molecular weight excluding hydrogens is 204 g/mol. The van der Waals surface area contributed by atoms with Gasteiger partial charge in [-0.1, -0.05) is 35.9 Å². The third-order valence-electron chi connectivity index (χ3n) is 1.98. The molecule has 0 fully saturated rings. The second-order valence-corrected chi connectivity index (χ2v) is 3.75. The summed E-state index contributed by atoms with van der Waals surface area (Å²) in [5.74, 6) is 0. The summed E-state index contributed by atoms with van der Waals surface area (Å²) in [6.45, 7) is 7.13. The van der Waals surface area contributed by atoms with E-state index in [4.69, 9.17) is 12.2 Å². The maximum atomic E-state index is 5.07. The van der Waals surface area contributed by atoms with Gasteiger partial charge >= 0.3 is 0 Å². The molecule has 0 aliphatic heterocycles. The van der Waals surface area contributed by atoms with Crippen molar-refractivity contribution in [2.45, 2.75) is 13.5 Å². The molecule has 0 heterocycles. The van der Waals surface area contributed by atoms with Gasteiger partial charge in [-0.15, -0.1) is 6.58 Å².